The predicted octanol–water partition coefficient (Wildman–Crippen LogP) is 2.26. The third kappa shape index (κ3) is 2.55. The van der Waals surface area contributed by atoms with E-state index in [1.54, 1.807) is 0 Å². The van der Waals surface area contributed by atoms with Crippen LogP contribution >= 0.6 is 0 Å². The second-order valence-electron chi connectivity index (χ2n) is 6.35. The third-order valence-electron chi connectivity index (χ3n) is 4.78. The van der Waals surface area contributed by atoms with Gasteiger partial charge in [-0.3, -0.25) is 9.59 Å². The standard InChI is InChI=1S/C17H22N2O2/c1-11-8-9-14(10-11)19-12(2)16(20)18-15(17(19)21)13-6-4-3-5-7-13/h3-7,11-12,14-15H,8-10H2,1-2H3,(H,18,20). The second-order valence-corrected chi connectivity index (χ2v) is 6.35. The summed E-state index contributed by atoms with van der Waals surface area (Å²) in [5.74, 6) is 0.616. The fourth-order valence-corrected chi connectivity index (χ4v) is 3.59. The molecule has 21 heavy (non-hydrogen) atoms. The van der Waals surface area contributed by atoms with Crippen LogP contribution in [0.5, 0.6) is 0 Å². The molecule has 1 aliphatic heterocycles. The van der Waals surface area contributed by atoms with Gasteiger partial charge < -0.3 is 10.2 Å². The molecule has 3 rings (SSSR count). The summed E-state index contributed by atoms with van der Waals surface area (Å²) < 4.78 is 0. The molecular weight excluding hydrogens is 264 g/mol. The highest BCUT2D eigenvalue weighted by Gasteiger charge is 2.43. The van der Waals surface area contributed by atoms with Gasteiger partial charge in [0.2, 0.25) is 5.91 Å². The van der Waals surface area contributed by atoms with E-state index in [1.165, 1.54) is 0 Å². The first-order chi connectivity index (χ1) is 10.1. The van der Waals surface area contributed by atoms with Crippen molar-refractivity contribution in [2.24, 2.45) is 5.92 Å². The molecule has 1 saturated heterocycles. The summed E-state index contributed by atoms with van der Waals surface area (Å²) in [7, 11) is 0. The Labute approximate surface area is 125 Å². The van der Waals surface area contributed by atoms with Crippen molar-refractivity contribution in [2.45, 2.75) is 51.2 Å². The minimum absolute atomic E-state index is 0.0346. The number of carbonyl (C=O) groups is 2. The topological polar surface area (TPSA) is 49.4 Å². The smallest absolute Gasteiger partial charge is 0.250 e. The lowest BCUT2D eigenvalue weighted by atomic mass is 9.98. The lowest BCUT2D eigenvalue weighted by molar-refractivity contribution is -0.151. The summed E-state index contributed by atoms with van der Waals surface area (Å²) in [6.45, 7) is 4.05. The van der Waals surface area contributed by atoms with Crippen molar-refractivity contribution >= 4 is 11.8 Å². The van der Waals surface area contributed by atoms with E-state index in [0.29, 0.717) is 5.92 Å². The van der Waals surface area contributed by atoms with Crippen molar-refractivity contribution in [2.75, 3.05) is 0 Å². The third-order valence-corrected chi connectivity index (χ3v) is 4.78. The van der Waals surface area contributed by atoms with E-state index in [4.69, 9.17) is 0 Å². The molecule has 4 nitrogen and oxygen atoms in total. The molecular formula is C17H22N2O2. The number of hydrogen-bond acceptors (Lipinski definition) is 2. The van der Waals surface area contributed by atoms with Crippen molar-refractivity contribution in [3.63, 3.8) is 0 Å². The molecule has 112 valence electrons. The van der Waals surface area contributed by atoms with Crippen molar-refractivity contribution < 1.29 is 9.59 Å². The second kappa shape index (κ2) is 5.51. The van der Waals surface area contributed by atoms with Crippen LogP contribution in [0.4, 0.5) is 0 Å². The highest BCUT2D eigenvalue weighted by Crippen LogP contribution is 2.33. The summed E-state index contributed by atoms with van der Waals surface area (Å²) >= 11 is 0. The maximum Gasteiger partial charge on any atom is 0.250 e. The minimum Gasteiger partial charge on any atom is -0.339 e. The lowest BCUT2D eigenvalue weighted by Gasteiger charge is -2.41. The van der Waals surface area contributed by atoms with Crippen molar-refractivity contribution in [1.82, 2.24) is 10.2 Å². The zero-order chi connectivity index (χ0) is 15.0. The molecule has 0 radical (unpaired) electrons. The van der Waals surface area contributed by atoms with E-state index < -0.39 is 6.04 Å². The van der Waals surface area contributed by atoms with Crippen molar-refractivity contribution in [3.8, 4) is 0 Å². The van der Waals surface area contributed by atoms with Crippen molar-refractivity contribution in [3.05, 3.63) is 35.9 Å². The normalized spacial score (nSPS) is 33.1. The van der Waals surface area contributed by atoms with E-state index in [9.17, 15) is 9.59 Å². The largest absolute Gasteiger partial charge is 0.339 e. The van der Waals surface area contributed by atoms with Crippen molar-refractivity contribution in [1.29, 1.82) is 0 Å². The van der Waals surface area contributed by atoms with Gasteiger partial charge in [-0.15, -0.1) is 0 Å². The van der Waals surface area contributed by atoms with Gasteiger partial charge in [0.15, 0.2) is 0 Å². The maximum atomic E-state index is 12.9. The average Bonchev–Trinajstić information content (AvgIpc) is 2.90. The van der Waals surface area contributed by atoms with E-state index in [0.717, 1.165) is 24.8 Å². The van der Waals surface area contributed by atoms with Gasteiger partial charge in [0.1, 0.15) is 12.1 Å². The van der Waals surface area contributed by atoms with E-state index in [2.05, 4.69) is 12.2 Å². The molecule has 2 aliphatic rings. The highest BCUT2D eigenvalue weighted by atomic mass is 16.2. The Morgan fingerprint density at radius 1 is 1.10 bits per heavy atom. The molecule has 4 atom stereocenters. The summed E-state index contributed by atoms with van der Waals surface area (Å²) in [6, 6.07) is 8.81. The molecule has 1 aliphatic carbocycles. The van der Waals surface area contributed by atoms with Crippen LogP contribution in [-0.2, 0) is 9.59 Å². The van der Waals surface area contributed by atoms with Gasteiger partial charge in [-0.25, -0.2) is 0 Å². The highest BCUT2D eigenvalue weighted by molar-refractivity contribution is 5.97. The number of benzene rings is 1. The summed E-state index contributed by atoms with van der Waals surface area (Å²) in [6.07, 6.45) is 3.15. The number of piperazine rings is 1. The molecule has 0 aromatic heterocycles. The van der Waals surface area contributed by atoms with Crippen LogP contribution in [0, 0.1) is 5.92 Å². The number of nitrogens with zero attached hydrogens (tertiary/aromatic N) is 1. The number of rotatable bonds is 2. The molecule has 1 aromatic carbocycles. The Hall–Kier alpha value is -1.84. The fraction of sp³-hybridized carbons (Fsp3) is 0.529. The SMILES string of the molecule is CC1CCC(N2C(=O)C(c3ccccc3)NC(=O)C2C)C1. The minimum atomic E-state index is -0.536. The Bertz CT molecular complexity index is 543. The molecule has 2 amide bonds. The van der Waals surface area contributed by atoms with Gasteiger partial charge in [0.05, 0.1) is 0 Å². The molecule has 1 aromatic rings. The lowest BCUT2D eigenvalue weighted by Crippen LogP contribution is -2.61. The molecule has 4 unspecified atom stereocenters. The number of amides is 2. The number of nitrogens with one attached hydrogen (secondary N) is 1. The quantitative estimate of drug-likeness (QED) is 0.906. The fourth-order valence-electron chi connectivity index (χ4n) is 3.59. The maximum absolute atomic E-state index is 12.9. The van der Waals surface area contributed by atoms with Gasteiger partial charge in [0, 0.05) is 6.04 Å². The molecule has 1 N–H and O–H groups in total. The van der Waals surface area contributed by atoms with E-state index in [1.807, 2.05) is 42.2 Å². The molecule has 1 heterocycles. The molecule has 2 fully saturated rings. The summed E-state index contributed by atoms with van der Waals surface area (Å²) in [4.78, 5) is 27.0. The number of carbonyl (C=O) groups excluding carboxylic acids is 2. The van der Waals surface area contributed by atoms with Crippen LogP contribution in [0.1, 0.15) is 44.7 Å². The van der Waals surface area contributed by atoms with Crippen LogP contribution < -0.4 is 5.32 Å². The molecule has 1 saturated carbocycles. The van der Waals surface area contributed by atoms with Crippen LogP contribution in [0.15, 0.2) is 30.3 Å². The summed E-state index contributed by atoms with van der Waals surface area (Å²) in [5, 5.41) is 2.87. The van der Waals surface area contributed by atoms with Crippen LogP contribution in [-0.4, -0.2) is 28.8 Å². The van der Waals surface area contributed by atoms with Gasteiger partial charge >= 0.3 is 0 Å². The summed E-state index contributed by atoms with van der Waals surface area (Å²) in [5.41, 5.74) is 0.860. The molecule has 4 heteroatoms. The average molecular weight is 286 g/mol. The first-order valence-corrected chi connectivity index (χ1v) is 7.75. The van der Waals surface area contributed by atoms with Gasteiger partial charge in [0.25, 0.3) is 5.91 Å². The Morgan fingerprint density at radius 3 is 2.43 bits per heavy atom. The van der Waals surface area contributed by atoms with Crippen LogP contribution in [0.3, 0.4) is 0 Å². The Morgan fingerprint density at radius 2 is 1.81 bits per heavy atom. The van der Waals surface area contributed by atoms with E-state index >= 15 is 0 Å². The van der Waals surface area contributed by atoms with Crippen LogP contribution in [0.2, 0.25) is 0 Å². The van der Waals surface area contributed by atoms with Gasteiger partial charge in [-0.1, -0.05) is 37.3 Å². The first kappa shape index (κ1) is 14.1. The Kier molecular flexibility index (Phi) is 3.70. The monoisotopic (exact) mass is 286 g/mol. The first-order valence-electron chi connectivity index (χ1n) is 7.75. The van der Waals surface area contributed by atoms with Gasteiger partial charge in [-0.05, 0) is 37.7 Å². The number of hydrogen-bond donors (Lipinski definition) is 1. The zero-order valence-electron chi connectivity index (χ0n) is 12.6. The Balaban J connectivity index is 1.88. The zero-order valence-corrected chi connectivity index (χ0v) is 12.6. The van der Waals surface area contributed by atoms with E-state index in [-0.39, 0.29) is 23.9 Å². The predicted molar refractivity (Wildman–Crippen MR) is 80.4 cm³/mol. The molecule has 0 bridgehead atoms. The van der Waals surface area contributed by atoms with Gasteiger partial charge in [-0.2, -0.15) is 0 Å². The molecule has 0 spiro atoms. The van der Waals surface area contributed by atoms with Crippen LogP contribution in [0.25, 0.3) is 0 Å².